The van der Waals surface area contributed by atoms with Crippen LogP contribution in [0.15, 0.2) is 24.3 Å². The molecule has 0 aromatic heterocycles. The van der Waals surface area contributed by atoms with Crippen molar-refractivity contribution in [2.75, 3.05) is 12.9 Å². The normalized spacial score (nSPS) is 10.8. The van der Waals surface area contributed by atoms with Crippen LogP contribution >= 0.6 is 11.8 Å². The number of ether oxygens (including phenoxy) is 1. The molecule has 0 unspecified atom stereocenters. The van der Waals surface area contributed by atoms with Crippen LogP contribution in [-0.2, 0) is 10.5 Å². The Morgan fingerprint density at radius 1 is 1.47 bits per heavy atom. The van der Waals surface area contributed by atoms with E-state index in [0.29, 0.717) is 0 Å². The van der Waals surface area contributed by atoms with Gasteiger partial charge in [0.15, 0.2) is 0 Å². The van der Waals surface area contributed by atoms with Crippen LogP contribution in [0.25, 0.3) is 6.08 Å². The molecule has 0 radical (unpaired) electrons. The van der Waals surface area contributed by atoms with Crippen molar-refractivity contribution in [2.45, 2.75) is 25.5 Å². The summed E-state index contributed by atoms with van der Waals surface area (Å²) in [7, 11) is 1.66. The van der Waals surface area contributed by atoms with Gasteiger partial charge in [-0.25, -0.2) is 4.79 Å². The van der Waals surface area contributed by atoms with Crippen LogP contribution in [0.1, 0.15) is 30.9 Å². The molecule has 0 saturated carbocycles. The van der Waals surface area contributed by atoms with Crippen LogP contribution in [0.2, 0.25) is 0 Å². The maximum atomic E-state index is 10.5. The second kappa shape index (κ2) is 8.64. The number of carbonyl (C=O) groups is 1. The lowest BCUT2D eigenvalue weighted by Crippen LogP contribution is -1.92. The Morgan fingerprint density at radius 2 is 2.26 bits per heavy atom. The molecule has 0 atom stereocenters. The van der Waals surface area contributed by atoms with Crippen molar-refractivity contribution in [1.29, 1.82) is 0 Å². The Kier molecular flexibility index (Phi) is 7.11. The SMILES string of the molecule is CCCCSCc1cc(/C=C/C(=O)O)ccc1OC. The zero-order chi connectivity index (χ0) is 14.1. The fraction of sp³-hybridized carbons (Fsp3) is 0.400. The minimum absolute atomic E-state index is 0.858. The van der Waals surface area contributed by atoms with Gasteiger partial charge in [-0.2, -0.15) is 11.8 Å². The third-order valence-electron chi connectivity index (χ3n) is 2.62. The summed E-state index contributed by atoms with van der Waals surface area (Å²) in [5.74, 6) is 1.94. The number of unbranched alkanes of at least 4 members (excludes halogenated alkanes) is 1. The predicted molar refractivity (Wildman–Crippen MR) is 80.7 cm³/mol. The summed E-state index contributed by atoms with van der Waals surface area (Å²) in [6.07, 6.45) is 5.16. The number of methoxy groups -OCH3 is 1. The maximum Gasteiger partial charge on any atom is 0.328 e. The van der Waals surface area contributed by atoms with Crippen LogP contribution in [-0.4, -0.2) is 23.9 Å². The van der Waals surface area contributed by atoms with Gasteiger partial charge in [0.25, 0.3) is 0 Å². The van der Waals surface area contributed by atoms with Crippen molar-refractivity contribution < 1.29 is 14.6 Å². The average molecular weight is 280 g/mol. The standard InChI is InChI=1S/C15H20O3S/c1-3-4-9-19-11-13-10-12(6-8-15(16)17)5-7-14(13)18-2/h5-8,10H,3-4,9,11H2,1-2H3,(H,16,17)/b8-6+. The van der Waals surface area contributed by atoms with E-state index >= 15 is 0 Å². The average Bonchev–Trinajstić information content (AvgIpc) is 2.41. The molecule has 0 aliphatic rings. The monoisotopic (exact) mass is 280 g/mol. The highest BCUT2D eigenvalue weighted by Gasteiger charge is 2.04. The first-order chi connectivity index (χ1) is 9.17. The van der Waals surface area contributed by atoms with E-state index in [0.717, 1.165) is 34.5 Å². The minimum atomic E-state index is -0.935. The van der Waals surface area contributed by atoms with Crippen LogP contribution in [0.4, 0.5) is 0 Å². The summed E-state index contributed by atoms with van der Waals surface area (Å²) in [6, 6.07) is 5.73. The van der Waals surface area contributed by atoms with Gasteiger partial charge in [-0.3, -0.25) is 0 Å². The van der Waals surface area contributed by atoms with Gasteiger partial charge in [-0.15, -0.1) is 0 Å². The van der Waals surface area contributed by atoms with Gasteiger partial charge in [0, 0.05) is 17.4 Å². The molecule has 0 spiro atoms. The minimum Gasteiger partial charge on any atom is -0.496 e. The lowest BCUT2D eigenvalue weighted by molar-refractivity contribution is -0.131. The molecule has 3 nitrogen and oxygen atoms in total. The number of carboxylic acid groups (broad SMARTS) is 1. The third kappa shape index (κ3) is 5.83. The number of aliphatic carboxylic acids is 1. The van der Waals surface area contributed by atoms with Gasteiger partial charge in [0.05, 0.1) is 7.11 Å². The topological polar surface area (TPSA) is 46.5 Å². The molecule has 0 aliphatic carbocycles. The lowest BCUT2D eigenvalue weighted by Gasteiger charge is -2.09. The number of hydrogen-bond acceptors (Lipinski definition) is 3. The van der Waals surface area contributed by atoms with Gasteiger partial charge in [-0.05, 0) is 35.9 Å². The van der Waals surface area contributed by atoms with E-state index in [1.807, 2.05) is 30.0 Å². The summed E-state index contributed by atoms with van der Waals surface area (Å²) in [5, 5.41) is 8.63. The van der Waals surface area contributed by atoms with Crippen molar-refractivity contribution in [3.05, 3.63) is 35.4 Å². The molecule has 104 valence electrons. The lowest BCUT2D eigenvalue weighted by atomic mass is 10.1. The Bertz CT molecular complexity index is 441. The van der Waals surface area contributed by atoms with Crippen molar-refractivity contribution in [1.82, 2.24) is 0 Å². The molecule has 4 heteroatoms. The van der Waals surface area contributed by atoms with Crippen molar-refractivity contribution >= 4 is 23.8 Å². The van der Waals surface area contributed by atoms with Gasteiger partial charge in [0.1, 0.15) is 5.75 Å². The van der Waals surface area contributed by atoms with Gasteiger partial charge in [0.2, 0.25) is 0 Å². The molecule has 1 aromatic carbocycles. The Morgan fingerprint density at radius 3 is 2.89 bits per heavy atom. The second-order valence-electron chi connectivity index (χ2n) is 4.15. The summed E-state index contributed by atoms with van der Waals surface area (Å²) in [4.78, 5) is 10.5. The van der Waals surface area contributed by atoms with Gasteiger partial charge < -0.3 is 9.84 Å². The first-order valence-electron chi connectivity index (χ1n) is 6.33. The van der Waals surface area contributed by atoms with Crippen LogP contribution < -0.4 is 4.74 Å². The third-order valence-corrected chi connectivity index (χ3v) is 3.72. The highest BCUT2D eigenvalue weighted by molar-refractivity contribution is 7.98. The molecule has 19 heavy (non-hydrogen) atoms. The first-order valence-corrected chi connectivity index (χ1v) is 7.48. The van der Waals surface area contributed by atoms with E-state index in [9.17, 15) is 4.79 Å². The molecule has 1 rings (SSSR count). The van der Waals surface area contributed by atoms with Crippen molar-refractivity contribution in [2.24, 2.45) is 0 Å². The highest BCUT2D eigenvalue weighted by Crippen LogP contribution is 2.25. The van der Waals surface area contributed by atoms with E-state index < -0.39 is 5.97 Å². The quantitative estimate of drug-likeness (QED) is 0.581. The highest BCUT2D eigenvalue weighted by atomic mass is 32.2. The summed E-state index contributed by atoms with van der Waals surface area (Å²) in [5.41, 5.74) is 1.99. The molecule has 0 heterocycles. The molecular formula is C15H20O3S. The Labute approximate surface area is 118 Å². The molecule has 1 aromatic rings. The molecular weight excluding hydrogens is 260 g/mol. The van der Waals surface area contributed by atoms with Crippen molar-refractivity contribution in [3.8, 4) is 5.75 Å². The second-order valence-corrected chi connectivity index (χ2v) is 5.25. The Balaban J connectivity index is 2.75. The van der Waals surface area contributed by atoms with Crippen LogP contribution in [0.3, 0.4) is 0 Å². The number of benzene rings is 1. The molecule has 0 aliphatic heterocycles. The summed E-state index contributed by atoms with van der Waals surface area (Å²) >= 11 is 1.87. The molecule has 1 N–H and O–H groups in total. The summed E-state index contributed by atoms with van der Waals surface area (Å²) < 4.78 is 5.33. The van der Waals surface area contributed by atoms with E-state index in [1.54, 1.807) is 13.2 Å². The molecule has 0 amide bonds. The van der Waals surface area contributed by atoms with E-state index in [-0.39, 0.29) is 0 Å². The number of hydrogen-bond donors (Lipinski definition) is 1. The maximum absolute atomic E-state index is 10.5. The molecule has 0 bridgehead atoms. The molecule has 0 saturated heterocycles. The number of rotatable bonds is 8. The van der Waals surface area contributed by atoms with Gasteiger partial charge >= 0.3 is 5.97 Å². The first kappa shape index (κ1) is 15.6. The van der Waals surface area contributed by atoms with Crippen molar-refractivity contribution in [3.63, 3.8) is 0 Å². The van der Waals surface area contributed by atoms with E-state index in [4.69, 9.17) is 9.84 Å². The Hall–Kier alpha value is -1.42. The van der Waals surface area contributed by atoms with E-state index in [2.05, 4.69) is 6.92 Å². The fourth-order valence-electron chi connectivity index (χ4n) is 1.61. The predicted octanol–water partition coefficient (Wildman–Crippen LogP) is 3.83. The molecule has 0 fully saturated rings. The number of thioether (sulfide) groups is 1. The van der Waals surface area contributed by atoms with E-state index in [1.165, 1.54) is 12.8 Å². The fourth-order valence-corrected chi connectivity index (χ4v) is 2.69. The summed E-state index contributed by atoms with van der Waals surface area (Å²) in [6.45, 7) is 2.18. The smallest absolute Gasteiger partial charge is 0.328 e. The number of carboxylic acids is 1. The zero-order valence-electron chi connectivity index (χ0n) is 11.4. The van der Waals surface area contributed by atoms with Gasteiger partial charge in [-0.1, -0.05) is 19.4 Å². The zero-order valence-corrected chi connectivity index (χ0v) is 12.2. The largest absolute Gasteiger partial charge is 0.496 e. The van der Waals surface area contributed by atoms with Crippen LogP contribution in [0.5, 0.6) is 5.75 Å². The van der Waals surface area contributed by atoms with Crippen LogP contribution in [0, 0.1) is 0 Å².